The van der Waals surface area contributed by atoms with Crippen molar-refractivity contribution >= 4 is 23.3 Å². The van der Waals surface area contributed by atoms with Gasteiger partial charge in [-0.2, -0.15) is 0 Å². The fourth-order valence-corrected chi connectivity index (χ4v) is 4.02. The van der Waals surface area contributed by atoms with Gasteiger partial charge < -0.3 is 19.1 Å². The van der Waals surface area contributed by atoms with Gasteiger partial charge in [0.15, 0.2) is 0 Å². The van der Waals surface area contributed by atoms with Crippen molar-refractivity contribution in [1.82, 2.24) is 4.90 Å². The molecule has 0 aliphatic carbocycles. The SMILES string of the molecule is COCO[C@H]1CCN([C@@H](CN(C)c2ccc(C(=O)OC)cc2)c2cccc(Cl)c2)C1. The number of likely N-dealkylation sites (N-methyl/N-ethyl adjacent to an activating group) is 1. The molecule has 2 aromatic rings. The van der Waals surface area contributed by atoms with Crippen LogP contribution in [0.3, 0.4) is 0 Å². The molecule has 0 unspecified atom stereocenters. The minimum atomic E-state index is -0.333. The first-order valence-corrected chi connectivity index (χ1v) is 10.4. The van der Waals surface area contributed by atoms with Gasteiger partial charge in [0.2, 0.25) is 0 Å². The highest BCUT2D eigenvalue weighted by Crippen LogP contribution is 2.30. The third kappa shape index (κ3) is 5.73. The van der Waals surface area contributed by atoms with Gasteiger partial charge in [-0.25, -0.2) is 4.79 Å². The lowest BCUT2D eigenvalue weighted by atomic mass is 10.0. The van der Waals surface area contributed by atoms with Crippen LogP contribution in [0.15, 0.2) is 48.5 Å². The molecule has 0 radical (unpaired) electrons. The summed E-state index contributed by atoms with van der Waals surface area (Å²) in [7, 11) is 5.08. The summed E-state index contributed by atoms with van der Waals surface area (Å²) < 4.78 is 15.6. The molecule has 1 aliphatic rings. The zero-order valence-corrected chi connectivity index (χ0v) is 18.5. The number of rotatable bonds is 9. The standard InChI is InChI=1S/C23H29ClN2O4/c1-25(20-9-7-17(8-10-20)23(27)29-3)15-22(18-5-4-6-19(24)13-18)26-12-11-21(14-26)30-16-28-2/h4-10,13,21-22H,11-12,14-16H2,1-3H3/t21-,22-/m0/s1. The topological polar surface area (TPSA) is 51.2 Å². The number of anilines is 1. The van der Waals surface area contributed by atoms with E-state index in [1.165, 1.54) is 12.7 Å². The van der Waals surface area contributed by atoms with Gasteiger partial charge in [-0.3, -0.25) is 4.90 Å². The summed E-state index contributed by atoms with van der Waals surface area (Å²) in [4.78, 5) is 16.3. The molecule has 2 atom stereocenters. The van der Waals surface area contributed by atoms with Crippen molar-refractivity contribution in [2.45, 2.75) is 18.6 Å². The normalized spacial score (nSPS) is 17.7. The van der Waals surface area contributed by atoms with Crippen LogP contribution < -0.4 is 4.90 Å². The van der Waals surface area contributed by atoms with E-state index < -0.39 is 0 Å². The summed E-state index contributed by atoms with van der Waals surface area (Å²) in [5, 5.41) is 0.731. The number of hydrogen-bond acceptors (Lipinski definition) is 6. The van der Waals surface area contributed by atoms with Crippen molar-refractivity contribution in [3.05, 3.63) is 64.7 Å². The third-order valence-corrected chi connectivity index (χ3v) is 5.68. The molecular formula is C23H29ClN2O4. The molecule has 0 spiro atoms. The second-order valence-electron chi connectivity index (χ2n) is 7.47. The average Bonchev–Trinajstić information content (AvgIpc) is 3.24. The number of carbonyl (C=O) groups is 1. The van der Waals surface area contributed by atoms with Crippen molar-refractivity contribution in [3.8, 4) is 0 Å². The zero-order chi connectivity index (χ0) is 21.5. The van der Waals surface area contributed by atoms with Crippen LogP contribution in [-0.2, 0) is 14.2 Å². The minimum absolute atomic E-state index is 0.158. The molecule has 7 heteroatoms. The summed E-state index contributed by atoms with van der Waals surface area (Å²) >= 11 is 6.29. The van der Waals surface area contributed by atoms with E-state index in [0.29, 0.717) is 12.4 Å². The minimum Gasteiger partial charge on any atom is -0.465 e. The smallest absolute Gasteiger partial charge is 0.337 e. The third-order valence-electron chi connectivity index (χ3n) is 5.45. The average molecular weight is 433 g/mol. The predicted octanol–water partition coefficient (Wildman–Crippen LogP) is 4.00. The maximum atomic E-state index is 11.7. The van der Waals surface area contributed by atoms with Crippen molar-refractivity contribution < 1.29 is 19.0 Å². The number of likely N-dealkylation sites (tertiary alicyclic amines) is 1. The van der Waals surface area contributed by atoms with Crippen molar-refractivity contribution in [2.24, 2.45) is 0 Å². The molecule has 3 rings (SSSR count). The number of nitrogens with zero attached hydrogens (tertiary/aromatic N) is 2. The lowest BCUT2D eigenvalue weighted by Gasteiger charge is -2.33. The predicted molar refractivity (Wildman–Crippen MR) is 118 cm³/mol. The Morgan fingerprint density at radius 1 is 1.23 bits per heavy atom. The van der Waals surface area contributed by atoms with Gasteiger partial charge in [-0.05, 0) is 48.4 Å². The second-order valence-corrected chi connectivity index (χ2v) is 7.91. The highest BCUT2D eigenvalue weighted by Gasteiger charge is 2.30. The Morgan fingerprint density at radius 3 is 2.67 bits per heavy atom. The van der Waals surface area contributed by atoms with Gasteiger partial charge in [0, 0.05) is 44.5 Å². The number of carbonyl (C=O) groups excluding carboxylic acids is 1. The Balaban J connectivity index is 1.76. The van der Waals surface area contributed by atoms with E-state index in [0.717, 1.165) is 36.8 Å². The first-order chi connectivity index (χ1) is 14.5. The summed E-state index contributed by atoms with van der Waals surface area (Å²) in [5.41, 5.74) is 2.74. The van der Waals surface area contributed by atoms with Gasteiger partial charge in [0.05, 0.1) is 24.8 Å². The number of benzene rings is 2. The molecule has 1 fully saturated rings. The van der Waals surface area contributed by atoms with E-state index in [-0.39, 0.29) is 18.1 Å². The lowest BCUT2D eigenvalue weighted by Crippen LogP contribution is -2.36. The molecule has 6 nitrogen and oxygen atoms in total. The summed E-state index contributed by atoms with van der Waals surface area (Å²) in [5.74, 6) is -0.333. The molecule has 0 aromatic heterocycles. The van der Waals surface area contributed by atoms with Crippen LogP contribution in [-0.4, -0.2) is 64.7 Å². The van der Waals surface area contributed by atoms with E-state index in [1.807, 2.05) is 30.3 Å². The van der Waals surface area contributed by atoms with Gasteiger partial charge >= 0.3 is 5.97 Å². The molecule has 162 valence electrons. The first kappa shape index (κ1) is 22.6. The van der Waals surface area contributed by atoms with Crippen LogP contribution in [0.2, 0.25) is 5.02 Å². The van der Waals surface area contributed by atoms with Crippen LogP contribution in [0.25, 0.3) is 0 Å². The van der Waals surface area contributed by atoms with Crippen molar-refractivity contribution in [1.29, 1.82) is 0 Å². The number of hydrogen-bond donors (Lipinski definition) is 0. The fraction of sp³-hybridized carbons (Fsp3) is 0.435. The zero-order valence-electron chi connectivity index (χ0n) is 17.7. The lowest BCUT2D eigenvalue weighted by molar-refractivity contribution is -0.0679. The van der Waals surface area contributed by atoms with Gasteiger partial charge in [-0.15, -0.1) is 0 Å². The summed E-state index contributed by atoms with van der Waals surface area (Å²) in [6, 6.07) is 15.7. The Morgan fingerprint density at radius 2 is 2.00 bits per heavy atom. The van der Waals surface area contributed by atoms with E-state index in [1.54, 1.807) is 19.2 Å². The molecule has 30 heavy (non-hydrogen) atoms. The van der Waals surface area contributed by atoms with Crippen molar-refractivity contribution in [3.63, 3.8) is 0 Å². The fourth-order valence-electron chi connectivity index (χ4n) is 3.82. The maximum Gasteiger partial charge on any atom is 0.337 e. The van der Waals surface area contributed by atoms with Crippen LogP contribution >= 0.6 is 11.6 Å². The van der Waals surface area contributed by atoms with Gasteiger partial charge in [0.25, 0.3) is 0 Å². The molecule has 1 heterocycles. The Bertz CT molecular complexity index is 830. The molecule has 2 aromatic carbocycles. The van der Waals surface area contributed by atoms with Gasteiger partial charge in [0.1, 0.15) is 6.79 Å². The Labute approximate surface area is 183 Å². The molecular weight excluding hydrogens is 404 g/mol. The number of halogens is 1. The second kappa shape index (κ2) is 10.8. The summed E-state index contributed by atoms with van der Waals surface area (Å²) in [6.07, 6.45) is 1.13. The number of methoxy groups -OCH3 is 2. The van der Waals surface area contributed by atoms with Gasteiger partial charge in [-0.1, -0.05) is 23.7 Å². The first-order valence-electron chi connectivity index (χ1n) is 10.0. The Hall–Kier alpha value is -2.12. The van der Waals surface area contributed by atoms with E-state index in [9.17, 15) is 4.79 Å². The maximum absolute atomic E-state index is 11.7. The highest BCUT2D eigenvalue weighted by molar-refractivity contribution is 6.30. The molecule has 1 saturated heterocycles. The van der Waals surface area contributed by atoms with Crippen LogP contribution in [0, 0.1) is 0 Å². The largest absolute Gasteiger partial charge is 0.465 e. The Kier molecular flexibility index (Phi) is 8.10. The molecule has 0 saturated carbocycles. The van der Waals surface area contributed by atoms with E-state index in [4.69, 9.17) is 25.8 Å². The quantitative estimate of drug-likeness (QED) is 0.441. The molecule has 0 N–H and O–H groups in total. The molecule has 0 bridgehead atoms. The number of esters is 1. The molecule has 1 aliphatic heterocycles. The van der Waals surface area contributed by atoms with Crippen molar-refractivity contribution in [2.75, 3.05) is 52.6 Å². The monoisotopic (exact) mass is 432 g/mol. The van der Waals surface area contributed by atoms with Crippen LogP contribution in [0.1, 0.15) is 28.4 Å². The van der Waals surface area contributed by atoms with E-state index >= 15 is 0 Å². The number of ether oxygens (including phenoxy) is 3. The van der Waals surface area contributed by atoms with E-state index in [2.05, 4.69) is 22.9 Å². The summed E-state index contributed by atoms with van der Waals surface area (Å²) in [6.45, 7) is 2.87. The van der Waals surface area contributed by atoms with Crippen LogP contribution in [0.5, 0.6) is 0 Å². The highest BCUT2D eigenvalue weighted by atomic mass is 35.5. The molecule has 0 amide bonds. The van der Waals surface area contributed by atoms with Crippen LogP contribution in [0.4, 0.5) is 5.69 Å².